The van der Waals surface area contributed by atoms with Crippen LogP contribution in [0.1, 0.15) is 19.8 Å². The summed E-state index contributed by atoms with van der Waals surface area (Å²) >= 11 is 0. The van der Waals surface area contributed by atoms with Crippen LogP contribution in [0.2, 0.25) is 0 Å². The molecule has 1 rings (SSSR count). The summed E-state index contributed by atoms with van der Waals surface area (Å²) in [7, 11) is 0. The summed E-state index contributed by atoms with van der Waals surface area (Å²) in [4.78, 5) is 30.4. The molecule has 1 fully saturated rings. The minimum absolute atomic E-state index is 0.313. The fourth-order valence-electron chi connectivity index (χ4n) is 0.728. The van der Waals surface area contributed by atoms with Crippen molar-refractivity contribution in [1.82, 2.24) is 5.23 Å². The average molecular weight is 159 g/mol. The number of amides is 1. The third-order valence-corrected chi connectivity index (χ3v) is 1.16. The monoisotopic (exact) mass is 159 g/mol. The highest BCUT2D eigenvalue weighted by atomic mass is 17.0. The minimum Gasteiger partial charge on any atom is -0.312 e. The van der Waals surface area contributed by atoms with Crippen LogP contribution < -0.4 is 0 Å². The molecule has 0 N–H and O–H groups in total. The SMILES string of the molecule is CC(=O)ON1OCCCC1=O. The molecule has 5 heteroatoms. The molecule has 1 aliphatic rings. The van der Waals surface area contributed by atoms with Gasteiger partial charge in [0.2, 0.25) is 0 Å². The first-order chi connectivity index (χ1) is 5.20. The Kier molecular flexibility index (Phi) is 2.43. The van der Waals surface area contributed by atoms with Crippen LogP contribution >= 0.6 is 0 Å². The van der Waals surface area contributed by atoms with Crippen molar-refractivity contribution < 1.29 is 19.3 Å². The normalized spacial score (nSPS) is 18.3. The van der Waals surface area contributed by atoms with Crippen LogP contribution in [-0.4, -0.2) is 23.7 Å². The van der Waals surface area contributed by atoms with E-state index >= 15 is 0 Å². The maximum absolute atomic E-state index is 10.9. The third kappa shape index (κ3) is 2.19. The van der Waals surface area contributed by atoms with Crippen molar-refractivity contribution in [2.24, 2.45) is 0 Å². The molecule has 0 aromatic rings. The average Bonchev–Trinajstić information content (AvgIpc) is 1.93. The van der Waals surface area contributed by atoms with Crippen molar-refractivity contribution in [3.8, 4) is 0 Å². The second kappa shape index (κ2) is 3.34. The second-order valence-electron chi connectivity index (χ2n) is 2.17. The number of hydroxylamine groups is 2. The van der Waals surface area contributed by atoms with Crippen LogP contribution in [0.25, 0.3) is 0 Å². The van der Waals surface area contributed by atoms with Gasteiger partial charge in [0.1, 0.15) is 0 Å². The molecule has 1 amide bonds. The van der Waals surface area contributed by atoms with E-state index in [1.807, 2.05) is 0 Å². The highest BCUT2D eigenvalue weighted by Crippen LogP contribution is 2.07. The van der Waals surface area contributed by atoms with Gasteiger partial charge in [-0.15, -0.1) is 0 Å². The molecule has 0 spiro atoms. The minimum atomic E-state index is -0.555. The van der Waals surface area contributed by atoms with Gasteiger partial charge in [-0.25, -0.2) is 9.63 Å². The smallest absolute Gasteiger partial charge is 0.312 e. The Morgan fingerprint density at radius 2 is 2.45 bits per heavy atom. The van der Waals surface area contributed by atoms with Gasteiger partial charge in [-0.3, -0.25) is 4.79 Å². The summed E-state index contributed by atoms with van der Waals surface area (Å²) in [5.41, 5.74) is 0. The van der Waals surface area contributed by atoms with Crippen molar-refractivity contribution in [2.45, 2.75) is 19.8 Å². The molecule has 0 aliphatic carbocycles. The summed E-state index contributed by atoms with van der Waals surface area (Å²) in [6, 6.07) is 0. The van der Waals surface area contributed by atoms with E-state index in [1.165, 1.54) is 6.92 Å². The van der Waals surface area contributed by atoms with E-state index < -0.39 is 5.97 Å². The van der Waals surface area contributed by atoms with Gasteiger partial charge < -0.3 is 4.84 Å². The van der Waals surface area contributed by atoms with Crippen molar-refractivity contribution in [3.63, 3.8) is 0 Å². The topological polar surface area (TPSA) is 55.8 Å². The number of carbonyl (C=O) groups is 2. The molecule has 11 heavy (non-hydrogen) atoms. The molecule has 0 aromatic heterocycles. The number of hydrogen-bond donors (Lipinski definition) is 0. The highest BCUT2D eigenvalue weighted by Gasteiger charge is 2.21. The lowest BCUT2D eigenvalue weighted by Crippen LogP contribution is -2.36. The molecule has 1 heterocycles. The highest BCUT2D eigenvalue weighted by molar-refractivity contribution is 5.76. The first kappa shape index (κ1) is 8.00. The first-order valence-electron chi connectivity index (χ1n) is 3.34. The molecule has 0 atom stereocenters. The summed E-state index contributed by atoms with van der Waals surface area (Å²) in [6.07, 6.45) is 1.05. The van der Waals surface area contributed by atoms with E-state index in [2.05, 4.69) is 4.84 Å². The lowest BCUT2D eigenvalue weighted by molar-refractivity contribution is -0.330. The largest absolute Gasteiger partial charge is 0.332 e. The van der Waals surface area contributed by atoms with Crippen LogP contribution in [0, 0.1) is 0 Å². The summed E-state index contributed by atoms with van der Waals surface area (Å²) in [6.45, 7) is 1.63. The molecular weight excluding hydrogens is 150 g/mol. The van der Waals surface area contributed by atoms with E-state index in [0.29, 0.717) is 24.7 Å². The van der Waals surface area contributed by atoms with Crippen LogP contribution in [0.3, 0.4) is 0 Å². The number of rotatable bonds is 1. The Morgan fingerprint density at radius 1 is 1.73 bits per heavy atom. The zero-order valence-electron chi connectivity index (χ0n) is 6.20. The number of nitrogens with zero attached hydrogens (tertiary/aromatic N) is 1. The molecule has 0 saturated carbocycles. The molecule has 1 aliphatic heterocycles. The van der Waals surface area contributed by atoms with Crippen LogP contribution in [0.15, 0.2) is 0 Å². The van der Waals surface area contributed by atoms with Crippen molar-refractivity contribution in [3.05, 3.63) is 0 Å². The van der Waals surface area contributed by atoms with Gasteiger partial charge in [0.25, 0.3) is 5.91 Å². The van der Waals surface area contributed by atoms with Gasteiger partial charge in [0, 0.05) is 13.3 Å². The molecule has 1 saturated heterocycles. The number of carbonyl (C=O) groups excluding carboxylic acids is 2. The molecule has 0 unspecified atom stereocenters. The Bertz CT molecular complexity index is 179. The predicted octanol–water partition coefficient (Wildman–Crippen LogP) is 0.0185. The molecule has 0 radical (unpaired) electrons. The summed E-state index contributed by atoms with van der Waals surface area (Å²) in [5.74, 6) is -0.869. The molecule has 5 nitrogen and oxygen atoms in total. The van der Waals surface area contributed by atoms with Gasteiger partial charge in [-0.1, -0.05) is 0 Å². The van der Waals surface area contributed by atoms with Crippen molar-refractivity contribution in [1.29, 1.82) is 0 Å². The Hall–Kier alpha value is -1.10. The molecule has 0 aromatic carbocycles. The van der Waals surface area contributed by atoms with Crippen LogP contribution in [0.5, 0.6) is 0 Å². The summed E-state index contributed by atoms with van der Waals surface area (Å²) < 4.78 is 0. The van der Waals surface area contributed by atoms with E-state index in [9.17, 15) is 9.59 Å². The molecule has 0 bridgehead atoms. The lowest BCUT2D eigenvalue weighted by Gasteiger charge is -2.22. The maximum Gasteiger partial charge on any atom is 0.332 e. The molecular formula is C6H9NO4. The van der Waals surface area contributed by atoms with E-state index in [-0.39, 0.29) is 5.91 Å². The Labute approximate surface area is 63.8 Å². The second-order valence-corrected chi connectivity index (χ2v) is 2.17. The zero-order valence-corrected chi connectivity index (χ0v) is 6.20. The fourth-order valence-corrected chi connectivity index (χ4v) is 0.728. The van der Waals surface area contributed by atoms with Gasteiger partial charge in [0.05, 0.1) is 6.61 Å². The first-order valence-corrected chi connectivity index (χ1v) is 3.34. The van der Waals surface area contributed by atoms with Gasteiger partial charge in [-0.2, -0.15) is 0 Å². The van der Waals surface area contributed by atoms with E-state index in [1.54, 1.807) is 0 Å². The third-order valence-electron chi connectivity index (χ3n) is 1.16. The van der Waals surface area contributed by atoms with E-state index in [4.69, 9.17) is 4.84 Å². The van der Waals surface area contributed by atoms with Crippen LogP contribution in [0.4, 0.5) is 0 Å². The predicted molar refractivity (Wildman–Crippen MR) is 33.8 cm³/mol. The number of hydrogen-bond acceptors (Lipinski definition) is 4. The fraction of sp³-hybridized carbons (Fsp3) is 0.667. The van der Waals surface area contributed by atoms with Crippen molar-refractivity contribution >= 4 is 11.9 Å². The lowest BCUT2D eigenvalue weighted by atomic mass is 10.3. The Balaban J connectivity index is 2.42. The van der Waals surface area contributed by atoms with E-state index in [0.717, 1.165) is 0 Å². The quantitative estimate of drug-likeness (QED) is 0.541. The van der Waals surface area contributed by atoms with Crippen LogP contribution in [-0.2, 0) is 19.3 Å². The Morgan fingerprint density at radius 3 is 3.00 bits per heavy atom. The maximum atomic E-state index is 10.9. The van der Waals surface area contributed by atoms with Gasteiger partial charge >= 0.3 is 5.97 Å². The van der Waals surface area contributed by atoms with Gasteiger partial charge in [-0.05, 0) is 11.6 Å². The van der Waals surface area contributed by atoms with Crippen molar-refractivity contribution in [2.75, 3.05) is 6.61 Å². The molecule has 62 valence electrons. The van der Waals surface area contributed by atoms with Gasteiger partial charge in [0.15, 0.2) is 0 Å². The standard InChI is InChI=1S/C6H9NO4/c1-5(8)11-7-6(9)3-2-4-10-7/h2-4H2,1H3. The zero-order chi connectivity index (χ0) is 8.27. The summed E-state index contributed by atoms with van der Waals surface area (Å²) in [5, 5.41) is 0.645.